The van der Waals surface area contributed by atoms with Crippen molar-refractivity contribution in [1.82, 2.24) is 4.90 Å². The lowest BCUT2D eigenvalue weighted by Crippen LogP contribution is -2.52. The number of hydrogen-bond acceptors (Lipinski definition) is 7. The Hall–Kier alpha value is -3.50. The van der Waals surface area contributed by atoms with Crippen LogP contribution in [0.3, 0.4) is 0 Å². The summed E-state index contributed by atoms with van der Waals surface area (Å²) < 4.78 is 5.06. The van der Waals surface area contributed by atoms with Crippen LogP contribution in [0, 0.1) is 16.0 Å². The molecular weight excluding hydrogens is 593 g/mol. The molecule has 5 atom stereocenters. The molecule has 2 aliphatic heterocycles. The highest BCUT2D eigenvalue weighted by Crippen LogP contribution is 2.59. The van der Waals surface area contributed by atoms with Crippen molar-refractivity contribution in [3.8, 4) is 0 Å². The first-order chi connectivity index (χ1) is 20.6. The monoisotopic (exact) mass is 623 g/mol. The van der Waals surface area contributed by atoms with Gasteiger partial charge in [-0.05, 0) is 79.6 Å². The second kappa shape index (κ2) is 11.5. The molecule has 0 radical (unpaired) electrons. The number of esters is 1. The van der Waals surface area contributed by atoms with Crippen molar-refractivity contribution < 1.29 is 24.4 Å². The summed E-state index contributed by atoms with van der Waals surface area (Å²) in [4.78, 5) is 41.2. The van der Waals surface area contributed by atoms with Gasteiger partial charge < -0.3 is 15.2 Å². The molecule has 0 bridgehead atoms. The van der Waals surface area contributed by atoms with Crippen LogP contribution in [0.1, 0.15) is 65.3 Å². The Balaban J connectivity index is 1.48. The molecule has 6 rings (SSSR count). The van der Waals surface area contributed by atoms with E-state index in [4.69, 9.17) is 27.9 Å². The largest absolute Gasteiger partial charge is 0.462 e. The van der Waals surface area contributed by atoms with E-state index in [1.165, 1.54) is 0 Å². The maximum atomic E-state index is 14.3. The van der Waals surface area contributed by atoms with Gasteiger partial charge in [0.2, 0.25) is 6.04 Å². The number of nitro groups is 1. The molecule has 1 saturated carbocycles. The number of nitrogens with zero attached hydrogens (tertiary/aromatic N) is 2. The van der Waals surface area contributed by atoms with Gasteiger partial charge in [0, 0.05) is 32.8 Å². The van der Waals surface area contributed by atoms with Gasteiger partial charge >= 0.3 is 5.97 Å². The van der Waals surface area contributed by atoms with Gasteiger partial charge in [-0.2, -0.15) is 0 Å². The van der Waals surface area contributed by atoms with Crippen LogP contribution >= 0.6 is 23.2 Å². The molecule has 11 heteroatoms. The number of benzene rings is 3. The summed E-state index contributed by atoms with van der Waals surface area (Å²) in [5.41, 5.74) is 1.13. The number of carbonyl (C=O) groups excluding carboxylic acids is 2. The molecule has 1 aliphatic carbocycles. The maximum Gasteiger partial charge on any atom is 0.338 e. The molecule has 0 unspecified atom stereocenters. The van der Waals surface area contributed by atoms with Gasteiger partial charge in [0.1, 0.15) is 5.54 Å². The summed E-state index contributed by atoms with van der Waals surface area (Å²) in [6.45, 7) is 2.41. The van der Waals surface area contributed by atoms with Crippen molar-refractivity contribution >= 4 is 40.8 Å². The summed E-state index contributed by atoms with van der Waals surface area (Å²) in [6, 6.07) is 16.4. The standard InChI is InChI=1S/C32H31Cl2N3O6/c1-2-43-30(39)20-10-8-19(9-11-20)27(38)16-26-29(37(41)42)28(21-4-3-5-22(33)14-21)32(36(26)17-18-6-7-18)24-13-12-23(34)15-25(24)35-31(32)40/h3-5,8-15,18,26-29,38H,2,6-7,16-17H2,1H3,(H,35,40)/t26-,27-,28-,29+,32+/m0/s1. The van der Waals surface area contributed by atoms with Crippen LogP contribution in [-0.2, 0) is 15.1 Å². The average molecular weight is 625 g/mol. The van der Waals surface area contributed by atoms with Crippen molar-refractivity contribution in [2.75, 3.05) is 18.5 Å². The number of nitrogens with one attached hydrogen (secondary N) is 1. The van der Waals surface area contributed by atoms with Crippen LogP contribution in [0.5, 0.6) is 0 Å². The fourth-order valence-electron chi connectivity index (χ4n) is 6.93. The summed E-state index contributed by atoms with van der Waals surface area (Å²) in [5, 5.41) is 28.4. The van der Waals surface area contributed by atoms with Crippen LogP contribution in [0.2, 0.25) is 10.0 Å². The fraction of sp³-hybridized carbons (Fsp3) is 0.375. The van der Waals surface area contributed by atoms with E-state index < -0.39 is 35.6 Å². The van der Waals surface area contributed by atoms with Gasteiger partial charge in [0.05, 0.1) is 30.2 Å². The molecule has 43 heavy (non-hydrogen) atoms. The van der Waals surface area contributed by atoms with Crippen molar-refractivity contribution in [2.24, 2.45) is 5.92 Å². The Kier molecular flexibility index (Phi) is 7.93. The van der Waals surface area contributed by atoms with E-state index in [9.17, 15) is 24.8 Å². The van der Waals surface area contributed by atoms with Crippen molar-refractivity contribution in [2.45, 2.75) is 55.8 Å². The number of hydrogen-bond donors (Lipinski definition) is 2. The van der Waals surface area contributed by atoms with Crippen LogP contribution in [0.4, 0.5) is 5.69 Å². The number of fused-ring (bicyclic) bond motifs is 2. The fourth-order valence-corrected chi connectivity index (χ4v) is 7.30. The van der Waals surface area contributed by atoms with E-state index in [1.54, 1.807) is 73.7 Å². The molecule has 1 saturated heterocycles. The van der Waals surface area contributed by atoms with Crippen LogP contribution in [0.15, 0.2) is 66.7 Å². The number of rotatable bonds is 9. The molecule has 3 aromatic rings. The van der Waals surface area contributed by atoms with Gasteiger partial charge in [-0.1, -0.05) is 53.5 Å². The first-order valence-corrected chi connectivity index (χ1v) is 15.1. The number of likely N-dealkylation sites (tertiary alicyclic amines) is 1. The Bertz CT molecular complexity index is 1580. The molecule has 3 aliphatic rings. The number of aliphatic hydroxyl groups is 1. The molecule has 1 spiro atoms. The molecular formula is C32H31Cl2N3O6. The minimum Gasteiger partial charge on any atom is -0.462 e. The Morgan fingerprint density at radius 2 is 1.86 bits per heavy atom. The van der Waals surface area contributed by atoms with Gasteiger partial charge in [0.25, 0.3) is 5.91 Å². The number of aliphatic hydroxyl groups excluding tert-OH is 1. The lowest BCUT2D eigenvalue weighted by molar-refractivity contribution is -0.528. The molecule has 2 fully saturated rings. The van der Waals surface area contributed by atoms with Crippen molar-refractivity contribution in [3.63, 3.8) is 0 Å². The number of anilines is 1. The second-order valence-corrected chi connectivity index (χ2v) is 12.3. The molecule has 224 valence electrons. The zero-order valence-electron chi connectivity index (χ0n) is 23.4. The second-order valence-electron chi connectivity index (χ2n) is 11.5. The smallest absolute Gasteiger partial charge is 0.338 e. The minimum atomic E-state index is -1.43. The molecule has 0 aromatic heterocycles. The normalized spacial score (nSPS) is 25.4. The van der Waals surface area contributed by atoms with Gasteiger partial charge in [0.15, 0.2) is 0 Å². The summed E-state index contributed by atoms with van der Waals surface area (Å²) in [6.07, 6.45) is 0.801. The Labute approximate surface area is 258 Å². The minimum absolute atomic E-state index is 0.00780. The molecule has 2 heterocycles. The first kappa shape index (κ1) is 29.6. The highest BCUT2D eigenvalue weighted by Gasteiger charge is 2.71. The predicted molar refractivity (Wildman–Crippen MR) is 162 cm³/mol. The number of amides is 1. The topological polar surface area (TPSA) is 122 Å². The average Bonchev–Trinajstić information content (AvgIpc) is 3.69. The zero-order chi connectivity index (χ0) is 30.5. The number of ether oxygens (including phenoxy) is 1. The predicted octanol–water partition coefficient (Wildman–Crippen LogP) is 5.96. The summed E-state index contributed by atoms with van der Waals surface area (Å²) in [7, 11) is 0. The Morgan fingerprint density at radius 3 is 2.51 bits per heavy atom. The quantitative estimate of drug-likeness (QED) is 0.171. The van der Waals surface area contributed by atoms with Gasteiger partial charge in [-0.15, -0.1) is 0 Å². The molecule has 2 N–H and O–H groups in total. The lowest BCUT2D eigenvalue weighted by Gasteiger charge is -2.39. The lowest BCUT2D eigenvalue weighted by atomic mass is 9.73. The zero-order valence-corrected chi connectivity index (χ0v) is 24.9. The van der Waals surface area contributed by atoms with E-state index in [2.05, 4.69) is 5.32 Å². The third-order valence-electron chi connectivity index (χ3n) is 8.90. The third-order valence-corrected chi connectivity index (χ3v) is 9.37. The SMILES string of the molecule is CCOC(=O)c1ccc([C@@H](O)C[C@H]2[C@@H]([N+](=O)[O-])[C@H](c3cccc(Cl)c3)[C@]3(C(=O)Nc4cc(Cl)ccc43)N2CC2CC2)cc1. The van der Waals surface area contributed by atoms with E-state index in [1.807, 2.05) is 4.90 Å². The van der Waals surface area contributed by atoms with Gasteiger partial charge in [-0.25, -0.2) is 4.79 Å². The van der Waals surface area contributed by atoms with E-state index in [0.29, 0.717) is 44.5 Å². The van der Waals surface area contributed by atoms with Crippen LogP contribution in [-0.4, -0.2) is 52.0 Å². The van der Waals surface area contributed by atoms with E-state index in [0.717, 1.165) is 12.8 Å². The summed E-state index contributed by atoms with van der Waals surface area (Å²) in [5.74, 6) is -1.47. The molecule has 3 aromatic carbocycles. The number of halogens is 2. The number of carbonyl (C=O) groups is 2. The molecule has 9 nitrogen and oxygen atoms in total. The van der Waals surface area contributed by atoms with Gasteiger partial charge in [-0.3, -0.25) is 19.8 Å². The van der Waals surface area contributed by atoms with Crippen molar-refractivity contribution in [3.05, 3.63) is 109 Å². The third kappa shape index (κ3) is 5.18. The highest BCUT2D eigenvalue weighted by atomic mass is 35.5. The first-order valence-electron chi connectivity index (χ1n) is 14.4. The van der Waals surface area contributed by atoms with Crippen LogP contribution < -0.4 is 5.32 Å². The summed E-state index contributed by atoms with van der Waals surface area (Å²) >= 11 is 12.7. The maximum absolute atomic E-state index is 14.3. The highest BCUT2D eigenvalue weighted by molar-refractivity contribution is 6.31. The Morgan fingerprint density at radius 1 is 1.14 bits per heavy atom. The van der Waals surface area contributed by atoms with Crippen molar-refractivity contribution in [1.29, 1.82) is 0 Å². The van der Waals surface area contributed by atoms with E-state index in [-0.39, 0.29) is 29.8 Å². The molecule has 1 amide bonds. The van der Waals surface area contributed by atoms with Crippen LogP contribution in [0.25, 0.3) is 0 Å². The van der Waals surface area contributed by atoms with E-state index >= 15 is 0 Å².